The van der Waals surface area contributed by atoms with Crippen molar-refractivity contribution < 1.29 is 14.2 Å². The molecule has 4 nitrogen and oxygen atoms in total. The van der Waals surface area contributed by atoms with Gasteiger partial charge in [0.15, 0.2) is 5.79 Å². The van der Waals surface area contributed by atoms with Crippen molar-refractivity contribution in [2.75, 3.05) is 40.0 Å². The van der Waals surface area contributed by atoms with Crippen molar-refractivity contribution >= 4 is 0 Å². The molecule has 0 amide bonds. The van der Waals surface area contributed by atoms with Crippen molar-refractivity contribution in [3.05, 3.63) is 0 Å². The molecule has 2 fully saturated rings. The van der Waals surface area contributed by atoms with Crippen molar-refractivity contribution in [1.82, 2.24) is 4.90 Å². The third-order valence-corrected chi connectivity index (χ3v) is 3.95. The molecule has 2 aliphatic rings. The van der Waals surface area contributed by atoms with Crippen LogP contribution in [0.15, 0.2) is 0 Å². The molecule has 2 rings (SSSR count). The van der Waals surface area contributed by atoms with Crippen molar-refractivity contribution in [3.8, 4) is 0 Å². The molecule has 1 aliphatic heterocycles. The number of rotatable bonds is 5. The molecule has 0 N–H and O–H groups in total. The molecule has 100 valence electrons. The lowest BCUT2D eigenvalue weighted by Gasteiger charge is -2.39. The predicted octanol–water partition coefficient (Wildman–Crippen LogP) is 1.64. The Labute approximate surface area is 104 Å². The lowest BCUT2D eigenvalue weighted by Crippen LogP contribution is -2.43. The molecule has 1 saturated carbocycles. The quantitative estimate of drug-likeness (QED) is 0.687. The van der Waals surface area contributed by atoms with E-state index in [4.69, 9.17) is 14.2 Å². The second-order valence-electron chi connectivity index (χ2n) is 5.02. The van der Waals surface area contributed by atoms with Crippen LogP contribution in [0.5, 0.6) is 0 Å². The topological polar surface area (TPSA) is 30.9 Å². The van der Waals surface area contributed by atoms with Crippen LogP contribution in [0, 0.1) is 0 Å². The average molecular weight is 243 g/mol. The zero-order valence-corrected chi connectivity index (χ0v) is 11.1. The Morgan fingerprint density at radius 3 is 2.47 bits per heavy atom. The predicted molar refractivity (Wildman–Crippen MR) is 66.0 cm³/mol. The first kappa shape index (κ1) is 13.3. The summed E-state index contributed by atoms with van der Waals surface area (Å²) in [7, 11) is 2.19. The van der Waals surface area contributed by atoms with Crippen LogP contribution in [-0.4, -0.2) is 56.7 Å². The van der Waals surface area contributed by atoms with Gasteiger partial charge in [-0.1, -0.05) is 0 Å². The molecule has 1 heterocycles. The highest BCUT2D eigenvalue weighted by atomic mass is 16.7. The van der Waals surface area contributed by atoms with Gasteiger partial charge in [-0.2, -0.15) is 0 Å². The van der Waals surface area contributed by atoms with E-state index < -0.39 is 0 Å². The van der Waals surface area contributed by atoms with E-state index in [0.717, 1.165) is 45.8 Å². The first-order valence-corrected chi connectivity index (χ1v) is 6.82. The van der Waals surface area contributed by atoms with Crippen LogP contribution in [0.1, 0.15) is 32.6 Å². The van der Waals surface area contributed by atoms with Crippen LogP contribution in [0.25, 0.3) is 0 Å². The van der Waals surface area contributed by atoms with E-state index in [9.17, 15) is 0 Å². The third-order valence-electron chi connectivity index (χ3n) is 3.95. The van der Waals surface area contributed by atoms with Crippen LogP contribution in [0.3, 0.4) is 0 Å². The second-order valence-corrected chi connectivity index (χ2v) is 5.02. The van der Waals surface area contributed by atoms with Gasteiger partial charge in [-0.15, -0.1) is 0 Å². The van der Waals surface area contributed by atoms with E-state index >= 15 is 0 Å². The summed E-state index contributed by atoms with van der Waals surface area (Å²) in [5.41, 5.74) is 0. The van der Waals surface area contributed by atoms with Crippen LogP contribution in [-0.2, 0) is 14.2 Å². The minimum atomic E-state index is -0.225. The normalized spacial score (nSPS) is 24.9. The molecule has 0 aromatic rings. The van der Waals surface area contributed by atoms with E-state index in [1.54, 1.807) is 0 Å². The summed E-state index contributed by atoms with van der Waals surface area (Å²) < 4.78 is 16.9. The second kappa shape index (κ2) is 6.14. The molecule has 4 heteroatoms. The number of nitrogens with zero attached hydrogens (tertiary/aromatic N) is 1. The monoisotopic (exact) mass is 243 g/mol. The SMILES string of the molecule is CCOCCN(C)C1CCC2(CC1)OCCO2. The average Bonchev–Trinajstić information content (AvgIpc) is 2.79. The molecule has 1 saturated heterocycles. The van der Waals surface area contributed by atoms with E-state index in [1.807, 2.05) is 6.92 Å². The van der Waals surface area contributed by atoms with E-state index in [0.29, 0.717) is 6.04 Å². The summed E-state index contributed by atoms with van der Waals surface area (Å²) in [6, 6.07) is 0.661. The van der Waals surface area contributed by atoms with Gasteiger partial charge in [-0.3, -0.25) is 0 Å². The lowest BCUT2D eigenvalue weighted by molar-refractivity contribution is -0.183. The van der Waals surface area contributed by atoms with Crippen LogP contribution in [0.2, 0.25) is 0 Å². The summed E-state index contributed by atoms with van der Waals surface area (Å²) in [5, 5.41) is 0. The zero-order valence-electron chi connectivity index (χ0n) is 11.1. The van der Waals surface area contributed by atoms with Gasteiger partial charge >= 0.3 is 0 Å². The number of hydrogen-bond donors (Lipinski definition) is 0. The largest absolute Gasteiger partial charge is 0.380 e. The Morgan fingerprint density at radius 2 is 1.88 bits per heavy atom. The molecule has 0 aromatic heterocycles. The number of ether oxygens (including phenoxy) is 3. The van der Waals surface area contributed by atoms with Crippen molar-refractivity contribution in [2.24, 2.45) is 0 Å². The zero-order chi connectivity index (χ0) is 12.1. The molecule has 0 aromatic carbocycles. The van der Waals surface area contributed by atoms with E-state index in [1.165, 1.54) is 12.8 Å². The Morgan fingerprint density at radius 1 is 1.24 bits per heavy atom. The smallest absolute Gasteiger partial charge is 0.168 e. The maximum absolute atomic E-state index is 5.74. The van der Waals surface area contributed by atoms with Gasteiger partial charge in [0, 0.05) is 32.0 Å². The Kier molecular flexibility index (Phi) is 4.79. The van der Waals surface area contributed by atoms with Gasteiger partial charge in [0.05, 0.1) is 19.8 Å². The first-order chi connectivity index (χ1) is 8.26. The van der Waals surface area contributed by atoms with Gasteiger partial charge < -0.3 is 19.1 Å². The summed E-state index contributed by atoms with van der Waals surface area (Å²) in [4.78, 5) is 2.41. The molecular formula is C13H25NO3. The van der Waals surface area contributed by atoms with Crippen LogP contribution >= 0.6 is 0 Å². The van der Waals surface area contributed by atoms with E-state index in [-0.39, 0.29) is 5.79 Å². The number of hydrogen-bond acceptors (Lipinski definition) is 4. The van der Waals surface area contributed by atoms with Gasteiger partial charge in [-0.25, -0.2) is 0 Å². The first-order valence-electron chi connectivity index (χ1n) is 6.82. The molecule has 17 heavy (non-hydrogen) atoms. The number of likely N-dealkylation sites (N-methyl/N-ethyl adjacent to an activating group) is 1. The minimum Gasteiger partial charge on any atom is -0.380 e. The minimum absolute atomic E-state index is 0.225. The van der Waals surface area contributed by atoms with Crippen LogP contribution < -0.4 is 0 Å². The highest BCUT2D eigenvalue weighted by Crippen LogP contribution is 2.36. The molecule has 1 spiro atoms. The fourth-order valence-electron chi connectivity index (χ4n) is 2.80. The highest BCUT2D eigenvalue weighted by molar-refractivity contribution is 4.85. The lowest BCUT2D eigenvalue weighted by atomic mass is 9.89. The van der Waals surface area contributed by atoms with Gasteiger partial charge in [0.25, 0.3) is 0 Å². The van der Waals surface area contributed by atoms with Gasteiger partial charge in [-0.05, 0) is 26.8 Å². The summed E-state index contributed by atoms with van der Waals surface area (Å²) in [6.45, 7) is 6.24. The fraction of sp³-hybridized carbons (Fsp3) is 1.00. The maximum atomic E-state index is 5.74. The molecule has 1 aliphatic carbocycles. The van der Waals surface area contributed by atoms with Crippen molar-refractivity contribution in [1.29, 1.82) is 0 Å². The Balaban J connectivity index is 1.70. The standard InChI is InChI=1S/C13H25NO3/c1-3-15-9-8-14(2)12-4-6-13(7-5-12)16-10-11-17-13/h12H,3-11H2,1-2H3. The molecule has 0 radical (unpaired) electrons. The van der Waals surface area contributed by atoms with E-state index in [2.05, 4.69) is 11.9 Å². The summed E-state index contributed by atoms with van der Waals surface area (Å²) in [6.07, 6.45) is 4.42. The molecule has 0 atom stereocenters. The fourth-order valence-corrected chi connectivity index (χ4v) is 2.80. The summed E-state index contributed by atoms with van der Waals surface area (Å²) in [5.74, 6) is -0.225. The summed E-state index contributed by atoms with van der Waals surface area (Å²) >= 11 is 0. The Bertz CT molecular complexity index is 219. The van der Waals surface area contributed by atoms with Crippen LogP contribution in [0.4, 0.5) is 0 Å². The van der Waals surface area contributed by atoms with Crippen molar-refractivity contribution in [2.45, 2.75) is 44.4 Å². The van der Waals surface area contributed by atoms with Crippen molar-refractivity contribution in [3.63, 3.8) is 0 Å². The molecule has 0 unspecified atom stereocenters. The molecule has 0 bridgehead atoms. The maximum Gasteiger partial charge on any atom is 0.168 e. The highest BCUT2D eigenvalue weighted by Gasteiger charge is 2.40. The van der Waals surface area contributed by atoms with Gasteiger partial charge in [0.2, 0.25) is 0 Å². The molecular weight excluding hydrogens is 218 g/mol. The Hall–Kier alpha value is -0.160. The third kappa shape index (κ3) is 3.41. The van der Waals surface area contributed by atoms with Gasteiger partial charge in [0.1, 0.15) is 0 Å².